The minimum atomic E-state index is 0.0355. The van der Waals surface area contributed by atoms with E-state index in [1.807, 2.05) is 79.7 Å². The van der Waals surface area contributed by atoms with E-state index < -0.39 is 0 Å². The van der Waals surface area contributed by atoms with Crippen molar-refractivity contribution in [3.63, 3.8) is 0 Å². The molecule has 0 unspecified atom stereocenters. The zero-order valence-corrected chi connectivity index (χ0v) is 15.3. The van der Waals surface area contributed by atoms with Gasteiger partial charge in [0.15, 0.2) is 5.43 Å². The predicted molar refractivity (Wildman–Crippen MR) is 109 cm³/mol. The van der Waals surface area contributed by atoms with Crippen molar-refractivity contribution in [1.29, 1.82) is 0 Å². The van der Waals surface area contributed by atoms with Crippen LogP contribution in [-0.2, 0) is 6.54 Å². The molecule has 0 aliphatic heterocycles. The molecule has 136 valence electrons. The largest absolute Gasteiger partial charge is 0.419 e. The van der Waals surface area contributed by atoms with Gasteiger partial charge in [0.05, 0.1) is 11.0 Å². The predicted octanol–water partition coefficient (Wildman–Crippen LogP) is 4.56. The number of hydrogen-bond acceptors (Lipinski definition) is 4. The van der Waals surface area contributed by atoms with E-state index in [2.05, 4.69) is 14.8 Å². The summed E-state index contributed by atoms with van der Waals surface area (Å²) in [6.07, 6.45) is 0. The number of benzene rings is 3. The molecule has 0 amide bonds. The van der Waals surface area contributed by atoms with Crippen molar-refractivity contribution < 1.29 is 4.42 Å². The molecular formula is C23H17N3O2. The summed E-state index contributed by atoms with van der Waals surface area (Å²) in [6, 6.07) is 23.2. The molecule has 0 saturated heterocycles. The number of aromatic nitrogens is 3. The maximum Gasteiger partial charge on any atom is 0.247 e. The standard InChI is InChI=1S/C23H17N3O2/c1-15-10-12-16(13-11-15)23-25-24-21(28-23)14-26-19-8-4-2-6-17(19)22(27)18-7-3-5-9-20(18)26/h2-13H,14H2,1H3. The van der Waals surface area contributed by atoms with Crippen molar-refractivity contribution in [2.24, 2.45) is 0 Å². The Morgan fingerprint density at radius 1 is 0.821 bits per heavy atom. The molecule has 5 heteroatoms. The molecule has 0 N–H and O–H groups in total. The van der Waals surface area contributed by atoms with E-state index in [1.54, 1.807) is 0 Å². The van der Waals surface area contributed by atoms with Gasteiger partial charge in [-0.3, -0.25) is 4.79 Å². The van der Waals surface area contributed by atoms with Gasteiger partial charge in [-0.2, -0.15) is 0 Å². The molecule has 0 aliphatic rings. The number of nitrogens with zero attached hydrogens (tertiary/aromatic N) is 3. The summed E-state index contributed by atoms with van der Waals surface area (Å²) < 4.78 is 7.97. The molecule has 28 heavy (non-hydrogen) atoms. The highest BCUT2D eigenvalue weighted by Crippen LogP contribution is 2.22. The second-order valence-corrected chi connectivity index (χ2v) is 6.82. The normalized spacial score (nSPS) is 11.3. The number of rotatable bonds is 3. The Morgan fingerprint density at radius 2 is 1.43 bits per heavy atom. The van der Waals surface area contributed by atoms with Crippen LogP contribution >= 0.6 is 0 Å². The van der Waals surface area contributed by atoms with Gasteiger partial charge in [0.25, 0.3) is 0 Å². The lowest BCUT2D eigenvalue weighted by molar-refractivity contribution is 0.494. The number of pyridine rings is 1. The second kappa shape index (κ2) is 6.46. The zero-order chi connectivity index (χ0) is 19.1. The van der Waals surface area contributed by atoms with Gasteiger partial charge in [0.2, 0.25) is 11.8 Å². The van der Waals surface area contributed by atoms with Crippen molar-refractivity contribution in [3.8, 4) is 11.5 Å². The van der Waals surface area contributed by atoms with Gasteiger partial charge < -0.3 is 8.98 Å². The lowest BCUT2D eigenvalue weighted by Gasteiger charge is -2.13. The second-order valence-electron chi connectivity index (χ2n) is 6.82. The summed E-state index contributed by atoms with van der Waals surface area (Å²) >= 11 is 0. The van der Waals surface area contributed by atoms with Crippen molar-refractivity contribution in [1.82, 2.24) is 14.8 Å². The smallest absolute Gasteiger partial charge is 0.247 e. The maximum absolute atomic E-state index is 12.8. The first-order valence-electron chi connectivity index (χ1n) is 9.10. The molecule has 5 rings (SSSR count). The molecule has 0 saturated carbocycles. The minimum Gasteiger partial charge on any atom is -0.419 e. The Kier molecular flexibility index (Phi) is 3.79. The van der Waals surface area contributed by atoms with Crippen LogP contribution < -0.4 is 5.43 Å². The highest BCUT2D eigenvalue weighted by Gasteiger charge is 2.14. The van der Waals surface area contributed by atoms with E-state index >= 15 is 0 Å². The van der Waals surface area contributed by atoms with Crippen LogP contribution in [0.2, 0.25) is 0 Å². The first-order valence-corrected chi connectivity index (χ1v) is 9.10. The van der Waals surface area contributed by atoms with E-state index in [0.717, 1.165) is 16.6 Å². The summed E-state index contributed by atoms with van der Waals surface area (Å²) in [6.45, 7) is 2.43. The Balaban J connectivity index is 1.65. The van der Waals surface area contributed by atoms with Crippen LogP contribution in [0.3, 0.4) is 0 Å². The maximum atomic E-state index is 12.8. The molecular weight excluding hydrogens is 350 g/mol. The fourth-order valence-electron chi connectivity index (χ4n) is 3.51. The third-order valence-electron chi connectivity index (χ3n) is 4.94. The summed E-state index contributed by atoms with van der Waals surface area (Å²) in [5.41, 5.74) is 3.80. The average molecular weight is 367 g/mol. The van der Waals surface area contributed by atoms with Crippen LogP contribution in [0, 0.1) is 6.92 Å². The van der Waals surface area contributed by atoms with Crippen molar-refractivity contribution in [2.75, 3.05) is 0 Å². The summed E-state index contributed by atoms with van der Waals surface area (Å²) in [7, 11) is 0. The van der Waals surface area contributed by atoms with Gasteiger partial charge in [0, 0.05) is 16.3 Å². The van der Waals surface area contributed by atoms with Crippen LogP contribution in [-0.4, -0.2) is 14.8 Å². The van der Waals surface area contributed by atoms with E-state index in [-0.39, 0.29) is 5.43 Å². The van der Waals surface area contributed by atoms with Crippen LogP contribution in [0.15, 0.2) is 82.0 Å². The van der Waals surface area contributed by atoms with E-state index in [0.29, 0.717) is 29.1 Å². The summed E-state index contributed by atoms with van der Waals surface area (Å²) in [5, 5.41) is 9.79. The van der Waals surface area contributed by atoms with Crippen LogP contribution in [0.4, 0.5) is 0 Å². The molecule has 0 atom stereocenters. The molecule has 0 bridgehead atoms. The Bertz CT molecular complexity index is 1300. The quantitative estimate of drug-likeness (QED) is 0.439. The van der Waals surface area contributed by atoms with Gasteiger partial charge in [-0.1, -0.05) is 42.0 Å². The molecule has 0 aliphatic carbocycles. The molecule has 5 nitrogen and oxygen atoms in total. The Hall–Kier alpha value is -3.73. The monoisotopic (exact) mass is 367 g/mol. The lowest BCUT2D eigenvalue weighted by Crippen LogP contribution is -2.12. The fourth-order valence-corrected chi connectivity index (χ4v) is 3.51. The van der Waals surface area contributed by atoms with E-state index in [9.17, 15) is 4.79 Å². The number of hydrogen-bond donors (Lipinski definition) is 0. The summed E-state index contributed by atoms with van der Waals surface area (Å²) in [4.78, 5) is 12.8. The fraction of sp³-hybridized carbons (Fsp3) is 0.0870. The average Bonchev–Trinajstić information content (AvgIpc) is 3.20. The van der Waals surface area contributed by atoms with Gasteiger partial charge >= 0.3 is 0 Å². The number of fused-ring (bicyclic) bond motifs is 2. The van der Waals surface area contributed by atoms with E-state index in [4.69, 9.17) is 4.42 Å². The SMILES string of the molecule is Cc1ccc(-c2nnc(Cn3c4ccccc4c(=O)c4ccccc43)o2)cc1. The molecule has 0 spiro atoms. The molecule has 0 fully saturated rings. The Labute approximate surface area is 160 Å². The van der Waals surface area contributed by atoms with Crippen LogP contribution in [0.5, 0.6) is 0 Å². The highest BCUT2D eigenvalue weighted by molar-refractivity contribution is 5.93. The topological polar surface area (TPSA) is 60.9 Å². The van der Waals surface area contributed by atoms with Crippen LogP contribution in [0.25, 0.3) is 33.3 Å². The number of para-hydroxylation sites is 2. The van der Waals surface area contributed by atoms with Gasteiger partial charge in [-0.15, -0.1) is 10.2 Å². The molecule has 2 aromatic heterocycles. The van der Waals surface area contributed by atoms with Gasteiger partial charge in [-0.05, 0) is 43.3 Å². The third-order valence-corrected chi connectivity index (χ3v) is 4.94. The first kappa shape index (κ1) is 16.4. The molecule has 3 aromatic carbocycles. The molecule has 5 aromatic rings. The molecule has 2 heterocycles. The summed E-state index contributed by atoms with van der Waals surface area (Å²) in [5.74, 6) is 0.985. The first-order chi connectivity index (χ1) is 13.7. The zero-order valence-electron chi connectivity index (χ0n) is 15.3. The number of aryl methyl sites for hydroxylation is 1. The highest BCUT2D eigenvalue weighted by atomic mass is 16.4. The van der Waals surface area contributed by atoms with Gasteiger partial charge in [0.1, 0.15) is 6.54 Å². The third kappa shape index (κ3) is 2.68. The molecule has 0 radical (unpaired) electrons. The lowest BCUT2D eigenvalue weighted by atomic mass is 10.1. The van der Waals surface area contributed by atoms with Crippen molar-refractivity contribution in [3.05, 3.63) is 94.5 Å². The van der Waals surface area contributed by atoms with E-state index in [1.165, 1.54) is 5.56 Å². The van der Waals surface area contributed by atoms with Gasteiger partial charge in [-0.25, -0.2) is 0 Å². The van der Waals surface area contributed by atoms with Crippen molar-refractivity contribution in [2.45, 2.75) is 13.5 Å². The van der Waals surface area contributed by atoms with Crippen LogP contribution in [0.1, 0.15) is 11.5 Å². The van der Waals surface area contributed by atoms with Crippen molar-refractivity contribution >= 4 is 21.8 Å². The minimum absolute atomic E-state index is 0.0355. The Morgan fingerprint density at radius 3 is 2.07 bits per heavy atom.